The van der Waals surface area contributed by atoms with Crippen molar-refractivity contribution in [3.8, 4) is 5.75 Å². The Morgan fingerprint density at radius 3 is 2.69 bits per heavy atom. The Hall–Kier alpha value is -1.51. The number of benzene rings is 1. The summed E-state index contributed by atoms with van der Waals surface area (Å²) >= 11 is 0. The van der Waals surface area contributed by atoms with Crippen LogP contribution in [0.2, 0.25) is 0 Å². The molecule has 0 saturated heterocycles. The molecule has 0 atom stereocenters. The molecule has 13 heavy (non-hydrogen) atoms. The number of phenols is 1. The Kier molecular flexibility index (Phi) is 2.90. The average molecular weight is 180 g/mol. The Morgan fingerprint density at radius 2 is 2.15 bits per heavy atom. The predicted octanol–water partition coefficient (Wildman–Crippen LogP) is 1.72. The monoisotopic (exact) mass is 180 g/mol. The number of hydrogen-bond acceptors (Lipinski definition) is 2. The summed E-state index contributed by atoms with van der Waals surface area (Å²) in [6.45, 7) is 1.80. The number of carboxylic acids is 1. The van der Waals surface area contributed by atoms with Crippen LogP contribution in [0, 0.1) is 6.92 Å². The van der Waals surface area contributed by atoms with Gasteiger partial charge in [0.15, 0.2) is 0 Å². The minimum Gasteiger partial charge on any atom is -0.508 e. The molecule has 0 aliphatic carbocycles. The summed E-state index contributed by atoms with van der Waals surface area (Å²) in [5, 5.41) is 17.8. The molecule has 1 rings (SSSR count). The van der Waals surface area contributed by atoms with Gasteiger partial charge in [-0.05, 0) is 30.5 Å². The fourth-order valence-corrected chi connectivity index (χ4v) is 1.06. The normalized spacial score (nSPS) is 9.92. The molecule has 1 aromatic carbocycles. The van der Waals surface area contributed by atoms with Gasteiger partial charge in [-0.25, -0.2) is 0 Å². The van der Waals surface area contributed by atoms with Crippen molar-refractivity contribution in [1.82, 2.24) is 0 Å². The molecule has 0 amide bonds. The van der Waals surface area contributed by atoms with Gasteiger partial charge in [-0.2, -0.15) is 0 Å². The standard InChI is InChI=1S/C10H12O3/c1-7-2-3-8(6-9(7)11)4-5-10(12)13/h2-3,6,11H,4-5H2,1H3,(H,12,13). The Morgan fingerprint density at radius 1 is 1.46 bits per heavy atom. The molecule has 2 N–H and O–H groups in total. The van der Waals surface area contributed by atoms with Crippen LogP contribution in [-0.2, 0) is 11.2 Å². The lowest BCUT2D eigenvalue weighted by Gasteiger charge is -2.02. The lowest BCUT2D eigenvalue weighted by atomic mass is 10.1. The van der Waals surface area contributed by atoms with Gasteiger partial charge in [-0.3, -0.25) is 4.79 Å². The Labute approximate surface area is 76.6 Å². The van der Waals surface area contributed by atoms with Crippen molar-refractivity contribution in [1.29, 1.82) is 0 Å². The first-order valence-corrected chi connectivity index (χ1v) is 4.10. The van der Waals surface area contributed by atoms with Crippen LogP contribution in [0.25, 0.3) is 0 Å². The van der Waals surface area contributed by atoms with Gasteiger partial charge in [0.05, 0.1) is 0 Å². The summed E-state index contributed by atoms with van der Waals surface area (Å²) in [7, 11) is 0. The summed E-state index contributed by atoms with van der Waals surface area (Å²) in [6.07, 6.45) is 0.561. The Balaban J connectivity index is 2.68. The topological polar surface area (TPSA) is 57.5 Å². The molecule has 0 aliphatic heterocycles. The molecule has 0 aromatic heterocycles. The molecule has 0 fully saturated rings. The molecule has 0 bridgehead atoms. The zero-order chi connectivity index (χ0) is 9.84. The molecule has 0 radical (unpaired) electrons. The molecule has 1 aromatic rings. The molecule has 0 saturated carbocycles. The largest absolute Gasteiger partial charge is 0.508 e. The number of carboxylic acid groups (broad SMARTS) is 1. The van der Waals surface area contributed by atoms with Gasteiger partial charge in [0.2, 0.25) is 0 Å². The van der Waals surface area contributed by atoms with Crippen molar-refractivity contribution in [2.45, 2.75) is 19.8 Å². The molecule has 0 spiro atoms. The van der Waals surface area contributed by atoms with Gasteiger partial charge in [-0.1, -0.05) is 12.1 Å². The first kappa shape index (κ1) is 9.58. The maximum atomic E-state index is 10.3. The summed E-state index contributed by atoms with van der Waals surface area (Å²) < 4.78 is 0. The van der Waals surface area contributed by atoms with Gasteiger partial charge < -0.3 is 10.2 Å². The number of aliphatic carboxylic acids is 1. The maximum absolute atomic E-state index is 10.3. The van der Waals surface area contributed by atoms with E-state index in [1.54, 1.807) is 19.1 Å². The highest BCUT2D eigenvalue weighted by atomic mass is 16.4. The van der Waals surface area contributed by atoms with Crippen LogP contribution < -0.4 is 0 Å². The third kappa shape index (κ3) is 2.78. The molecular weight excluding hydrogens is 168 g/mol. The number of hydrogen-bond donors (Lipinski definition) is 2. The van der Waals surface area contributed by atoms with E-state index in [1.165, 1.54) is 0 Å². The first-order chi connectivity index (χ1) is 6.09. The van der Waals surface area contributed by atoms with Crippen molar-refractivity contribution in [2.75, 3.05) is 0 Å². The van der Waals surface area contributed by atoms with E-state index >= 15 is 0 Å². The van der Waals surface area contributed by atoms with Crippen LogP contribution in [-0.4, -0.2) is 16.2 Å². The van der Waals surface area contributed by atoms with Crippen molar-refractivity contribution in [2.24, 2.45) is 0 Å². The van der Waals surface area contributed by atoms with Crippen molar-refractivity contribution < 1.29 is 15.0 Å². The van der Waals surface area contributed by atoms with Gasteiger partial charge in [0.1, 0.15) is 5.75 Å². The van der Waals surface area contributed by atoms with Crippen LogP contribution in [0.5, 0.6) is 5.75 Å². The highest BCUT2D eigenvalue weighted by Crippen LogP contribution is 2.18. The van der Waals surface area contributed by atoms with Gasteiger partial charge in [0, 0.05) is 6.42 Å². The first-order valence-electron chi connectivity index (χ1n) is 4.10. The second-order valence-corrected chi connectivity index (χ2v) is 3.01. The van der Waals surface area contributed by atoms with Gasteiger partial charge in [-0.15, -0.1) is 0 Å². The minimum atomic E-state index is -0.819. The van der Waals surface area contributed by atoms with Crippen LogP contribution in [0.15, 0.2) is 18.2 Å². The molecule has 0 aliphatic rings. The smallest absolute Gasteiger partial charge is 0.303 e. The number of aromatic hydroxyl groups is 1. The van der Waals surface area contributed by atoms with Crippen LogP contribution in [0.3, 0.4) is 0 Å². The molecule has 3 heteroatoms. The zero-order valence-corrected chi connectivity index (χ0v) is 7.45. The number of rotatable bonds is 3. The molecule has 3 nitrogen and oxygen atoms in total. The number of carbonyl (C=O) groups is 1. The highest BCUT2D eigenvalue weighted by Gasteiger charge is 2.01. The lowest BCUT2D eigenvalue weighted by Crippen LogP contribution is -1.97. The van der Waals surface area contributed by atoms with Gasteiger partial charge in [0.25, 0.3) is 0 Å². The molecule has 0 unspecified atom stereocenters. The van der Waals surface area contributed by atoms with Crippen molar-refractivity contribution in [3.63, 3.8) is 0 Å². The fraction of sp³-hybridized carbons (Fsp3) is 0.300. The van der Waals surface area contributed by atoms with E-state index in [2.05, 4.69) is 0 Å². The van der Waals surface area contributed by atoms with E-state index in [0.29, 0.717) is 6.42 Å². The second kappa shape index (κ2) is 3.94. The summed E-state index contributed by atoms with van der Waals surface area (Å²) in [4.78, 5) is 10.3. The van der Waals surface area contributed by atoms with E-state index < -0.39 is 5.97 Å². The van der Waals surface area contributed by atoms with E-state index in [4.69, 9.17) is 5.11 Å². The highest BCUT2D eigenvalue weighted by molar-refractivity contribution is 5.67. The third-order valence-electron chi connectivity index (χ3n) is 1.90. The quantitative estimate of drug-likeness (QED) is 0.744. The van der Waals surface area contributed by atoms with E-state index in [9.17, 15) is 9.90 Å². The van der Waals surface area contributed by atoms with Crippen LogP contribution in [0.4, 0.5) is 0 Å². The SMILES string of the molecule is Cc1ccc(CCC(=O)O)cc1O. The van der Waals surface area contributed by atoms with Crippen molar-refractivity contribution in [3.05, 3.63) is 29.3 Å². The lowest BCUT2D eigenvalue weighted by molar-refractivity contribution is -0.136. The fourth-order valence-electron chi connectivity index (χ4n) is 1.06. The average Bonchev–Trinajstić information content (AvgIpc) is 2.07. The zero-order valence-electron chi connectivity index (χ0n) is 7.45. The van der Waals surface area contributed by atoms with E-state index in [1.807, 2.05) is 6.07 Å². The predicted molar refractivity (Wildman–Crippen MR) is 48.8 cm³/mol. The minimum absolute atomic E-state index is 0.0997. The summed E-state index contributed by atoms with van der Waals surface area (Å²) in [5.41, 5.74) is 1.66. The number of phenolic OH excluding ortho intramolecular Hbond substituents is 1. The van der Waals surface area contributed by atoms with Crippen LogP contribution in [0.1, 0.15) is 17.5 Å². The second-order valence-electron chi connectivity index (χ2n) is 3.01. The van der Waals surface area contributed by atoms with Crippen molar-refractivity contribution >= 4 is 5.97 Å². The maximum Gasteiger partial charge on any atom is 0.303 e. The summed E-state index contributed by atoms with van der Waals surface area (Å²) in [5.74, 6) is -0.594. The molecular formula is C10H12O3. The van der Waals surface area contributed by atoms with Crippen LogP contribution >= 0.6 is 0 Å². The van der Waals surface area contributed by atoms with E-state index in [0.717, 1.165) is 11.1 Å². The number of aryl methyl sites for hydroxylation is 2. The molecule has 0 heterocycles. The van der Waals surface area contributed by atoms with Gasteiger partial charge >= 0.3 is 5.97 Å². The Bertz CT molecular complexity index is 318. The molecule has 70 valence electrons. The van der Waals surface area contributed by atoms with E-state index in [-0.39, 0.29) is 12.2 Å². The summed E-state index contributed by atoms with van der Waals surface area (Å²) in [6, 6.07) is 5.22. The third-order valence-corrected chi connectivity index (χ3v) is 1.90.